The standard InChI is InChI=1S/C15H22O3/c1-15(2,3)18-14(17)9-8-12-4-6-13(7-5-12)10-11-16/h4-7,16H,8-11H2,1-3H3. The van der Waals surface area contributed by atoms with E-state index in [2.05, 4.69) is 0 Å². The summed E-state index contributed by atoms with van der Waals surface area (Å²) in [6.45, 7) is 5.77. The number of aliphatic hydroxyl groups excluding tert-OH is 1. The van der Waals surface area contributed by atoms with Crippen molar-refractivity contribution in [3.8, 4) is 0 Å². The lowest BCUT2D eigenvalue weighted by Gasteiger charge is -2.19. The SMILES string of the molecule is CC(C)(C)OC(=O)CCc1ccc(CCO)cc1. The number of carbonyl (C=O) groups excluding carboxylic acids is 1. The highest BCUT2D eigenvalue weighted by atomic mass is 16.6. The van der Waals surface area contributed by atoms with Gasteiger partial charge in [0.1, 0.15) is 5.60 Å². The van der Waals surface area contributed by atoms with Crippen molar-refractivity contribution in [3.63, 3.8) is 0 Å². The molecule has 0 saturated carbocycles. The molecule has 0 spiro atoms. The van der Waals surface area contributed by atoms with E-state index >= 15 is 0 Å². The van der Waals surface area contributed by atoms with Crippen LogP contribution in [0.3, 0.4) is 0 Å². The van der Waals surface area contributed by atoms with Gasteiger partial charge in [-0.3, -0.25) is 4.79 Å². The predicted molar refractivity (Wildman–Crippen MR) is 71.4 cm³/mol. The van der Waals surface area contributed by atoms with Gasteiger partial charge in [-0.05, 0) is 44.7 Å². The average molecular weight is 250 g/mol. The molecule has 18 heavy (non-hydrogen) atoms. The van der Waals surface area contributed by atoms with Crippen LogP contribution in [0, 0.1) is 0 Å². The maximum absolute atomic E-state index is 11.5. The summed E-state index contributed by atoms with van der Waals surface area (Å²) in [5, 5.41) is 8.81. The largest absolute Gasteiger partial charge is 0.460 e. The second-order valence-electron chi connectivity index (χ2n) is 5.38. The van der Waals surface area contributed by atoms with Gasteiger partial charge in [-0.1, -0.05) is 24.3 Å². The van der Waals surface area contributed by atoms with E-state index < -0.39 is 5.60 Å². The lowest BCUT2D eigenvalue weighted by molar-refractivity contribution is -0.154. The molecule has 1 rings (SSSR count). The Kier molecular flexibility index (Phi) is 5.35. The molecule has 0 aliphatic carbocycles. The topological polar surface area (TPSA) is 46.5 Å². The first-order chi connectivity index (χ1) is 8.40. The van der Waals surface area contributed by atoms with Crippen LogP contribution in [0.5, 0.6) is 0 Å². The van der Waals surface area contributed by atoms with E-state index in [0.717, 1.165) is 11.1 Å². The Balaban J connectivity index is 2.41. The monoisotopic (exact) mass is 250 g/mol. The van der Waals surface area contributed by atoms with E-state index in [1.165, 1.54) is 0 Å². The van der Waals surface area contributed by atoms with E-state index in [-0.39, 0.29) is 12.6 Å². The molecule has 0 fully saturated rings. The Labute approximate surface area is 109 Å². The molecule has 0 saturated heterocycles. The predicted octanol–water partition coefficient (Wildman–Crippen LogP) is 2.50. The lowest BCUT2D eigenvalue weighted by Crippen LogP contribution is -2.23. The highest BCUT2D eigenvalue weighted by Crippen LogP contribution is 2.11. The number of rotatable bonds is 5. The molecule has 0 heterocycles. The molecule has 100 valence electrons. The summed E-state index contributed by atoms with van der Waals surface area (Å²) in [6.07, 6.45) is 1.76. The Hall–Kier alpha value is -1.35. The minimum Gasteiger partial charge on any atom is -0.460 e. The van der Waals surface area contributed by atoms with Gasteiger partial charge in [0, 0.05) is 13.0 Å². The molecule has 0 aromatic heterocycles. The van der Waals surface area contributed by atoms with Crippen LogP contribution >= 0.6 is 0 Å². The molecule has 3 nitrogen and oxygen atoms in total. The number of hydrogen-bond acceptors (Lipinski definition) is 3. The fourth-order valence-electron chi connectivity index (χ4n) is 1.64. The van der Waals surface area contributed by atoms with E-state index in [4.69, 9.17) is 9.84 Å². The molecule has 0 radical (unpaired) electrons. The second-order valence-corrected chi connectivity index (χ2v) is 5.38. The Morgan fingerprint density at radius 3 is 2.06 bits per heavy atom. The van der Waals surface area contributed by atoms with Gasteiger partial charge < -0.3 is 9.84 Å². The van der Waals surface area contributed by atoms with Crippen LogP contribution in [0.25, 0.3) is 0 Å². The van der Waals surface area contributed by atoms with Crippen molar-refractivity contribution in [2.75, 3.05) is 6.61 Å². The molecule has 1 N–H and O–H groups in total. The highest BCUT2D eigenvalue weighted by molar-refractivity contribution is 5.70. The minimum absolute atomic E-state index is 0.164. The van der Waals surface area contributed by atoms with Crippen LogP contribution in [0.1, 0.15) is 38.3 Å². The maximum Gasteiger partial charge on any atom is 0.306 e. The summed E-state index contributed by atoms with van der Waals surface area (Å²) >= 11 is 0. The van der Waals surface area contributed by atoms with E-state index in [9.17, 15) is 4.79 Å². The normalized spacial score (nSPS) is 11.3. The first-order valence-electron chi connectivity index (χ1n) is 6.31. The minimum atomic E-state index is -0.415. The summed E-state index contributed by atoms with van der Waals surface area (Å²) in [6, 6.07) is 7.96. The van der Waals surface area contributed by atoms with E-state index in [1.807, 2.05) is 45.0 Å². The number of aryl methyl sites for hydroxylation is 1. The molecule has 0 aliphatic heterocycles. The van der Waals surface area contributed by atoms with Gasteiger partial charge >= 0.3 is 5.97 Å². The number of hydrogen-bond donors (Lipinski definition) is 1. The molecule has 1 aromatic carbocycles. The van der Waals surface area contributed by atoms with Crippen molar-refractivity contribution in [2.45, 2.75) is 45.6 Å². The van der Waals surface area contributed by atoms with Crippen LogP contribution in [0.2, 0.25) is 0 Å². The van der Waals surface area contributed by atoms with Crippen molar-refractivity contribution in [1.82, 2.24) is 0 Å². The van der Waals surface area contributed by atoms with Crippen LogP contribution in [-0.2, 0) is 22.4 Å². The van der Waals surface area contributed by atoms with Crippen molar-refractivity contribution < 1.29 is 14.6 Å². The Bertz CT molecular complexity index is 374. The molecule has 0 aliphatic rings. The summed E-state index contributed by atoms with van der Waals surface area (Å²) < 4.78 is 5.25. The average Bonchev–Trinajstić information content (AvgIpc) is 2.26. The van der Waals surface area contributed by atoms with Crippen molar-refractivity contribution in [3.05, 3.63) is 35.4 Å². The van der Waals surface area contributed by atoms with Crippen molar-refractivity contribution in [2.24, 2.45) is 0 Å². The molecular weight excluding hydrogens is 228 g/mol. The number of aliphatic hydroxyl groups is 1. The van der Waals surface area contributed by atoms with Crippen molar-refractivity contribution >= 4 is 5.97 Å². The third-order valence-electron chi connectivity index (χ3n) is 2.46. The van der Waals surface area contributed by atoms with Gasteiger partial charge in [-0.2, -0.15) is 0 Å². The molecule has 3 heteroatoms. The summed E-state index contributed by atoms with van der Waals surface area (Å²) in [5.41, 5.74) is 1.81. The quantitative estimate of drug-likeness (QED) is 0.817. The molecule has 0 amide bonds. The first kappa shape index (κ1) is 14.7. The van der Waals surface area contributed by atoms with E-state index in [0.29, 0.717) is 19.3 Å². The molecule has 1 aromatic rings. The highest BCUT2D eigenvalue weighted by Gasteiger charge is 2.15. The molecular formula is C15H22O3. The molecule has 0 bridgehead atoms. The lowest BCUT2D eigenvalue weighted by atomic mass is 10.1. The molecule has 0 unspecified atom stereocenters. The van der Waals surface area contributed by atoms with Gasteiger partial charge in [-0.15, -0.1) is 0 Å². The fourth-order valence-corrected chi connectivity index (χ4v) is 1.64. The Morgan fingerprint density at radius 1 is 1.11 bits per heavy atom. The number of carbonyl (C=O) groups is 1. The zero-order valence-corrected chi connectivity index (χ0v) is 11.4. The zero-order valence-electron chi connectivity index (χ0n) is 11.4. The molecule has 0 atom stereocenters. The second kappa shape index (κ2) is 6.55. The van der Waals surface area contributed by atoms with Crippen LogP contribution in [-0.4, -0.2) is 23.3 Å². The van der Waals surface area contributed by atoms with Gasteiger partial charge in [0.05, 0.1) is 0 Å². The van der Waals surface area contributed by atoms with E-state index in [1.54, 1.807) is 0 Å². The van der Waals surface area contributed by atoms with Crippen LogP contribution in [0.15, 0.2) is 24.3 Å². The Morgan fingerprint density at radius 2 is 1.61 bits per heavy atom. The fraction of sp³-hybridized carbons (Fsp3) is 0.533. The van der Waals surface area contributed by atoms with Gasteiger partial charge in [0.15, 0.2) is 0 Å². The first-order valence-corrected chi connectivity index (χ1v) is 6.31. The summed E-state index contributed by atoms with van der Waals surface area (Å²) in [5.74, 6) is -0.165. The third kappa shape index (κ3) is 5.82. The van der Waals surface area contributed by atoms with Gasteiger partial charge in [-0.25, -0.2) is 0 Å². The smallest absolute Gasteiger partial charge is 0.306 e. The zero-order chi connectivity index (χ0) is 13.6. The summed E-state index contributed by atoms with van der Waals surface area (Å²) in [4.78, 5) is 11.5. The number of ether oxygens (including phenoxy) is 1. The van der Waals surface area contributed by atoms with Gasteiger partial charge in [0.25, 0.3) is 0 Å². The number of benzene rings is 1. The van der Waals surface area contributed by atoms with Crippen LogP contribution < -0.4 is 0 Å². The third-order valence-corrected chi connectivity index (χ3v) is 2.46. The number of esters is 1. The maximum atomic E-state index is 11.5. The summed E-state index contributed by atoms with van der Waals surface area (Å²) in [7, 11) is 0. The van der Waals surface area contributed by atoms with Crippen molar-refractivity contribution in [1.29, 1.82) is 0 Å². The van der Waals surface area contributed by atoms with Crippen LogP contribution in [0.4, 0.5) is 0 Å². The van der Waals surface area contributed by atoms with Gasteiger partial charge in [0.2, 0.25) is 0 Å².